The Kier molecular flexibility index (Phi) is 6.77. The third-order valence-corrected chi connectivity index (χ3v) is 5.14. The molecule has 0 saturated carbocycles. The number of carbonyl (C=O) groups is 2. The Bertz CT molecular complexity index is 1070. The highest BCUT2D eigenvalue weighted by Crippen LogP contribution is 2.17. The first-order valence-corrected chi connectivity index (χ1v) is 10.5. The van der Waals surface area contributed by atoms with Crippen molar-refractivity contribution in [2.45, 2.75) is 31.3 Å². The van der Waals surface area contributed by atoms with Gasteiger partial charge in [-0.1, -0.05) is 19.1 Å². The third kappa shape index (κ3) is 4.89. The van der Waals surface area contributed by atoms with Crippen LogP contribution >= 0.6 is 11.8 Å². The number of para-hydroxylation sites is 2. The molecule has 7 nitrogen and oxygen atoms in total. The monoisotopic (exact) mass is 413 g/mol. The Morgan fingerprint density at radius 3 is 2.31 bits per heavy atom. The van der Waals surface area contributed by atoms with E-state index < -0.39 is 18.5 Å². The molecule has 29 heavy (non-hydrogen) atoms. The Hall–Kier alpha value is -3.00. The van der Waals surface area contributed by atoms with Crippen molar-refractivity contribution in [3.63, 3.8) is 0 Å². The number of amides is 1. The first-order chi connectivity index (χ1) is 14.0. The molecule has 0 saturated heterocycles. The van der Waals surface area contributed by atoms with Crippen LogP contribution < -0.4 is 11.0 Å². The molecule has 8 heteroatoms. The number of benzene rings is 2. The van der Waals surface area contributed by atoms with Crippen LogP contribution in [0.2, 0.25) is 0 Å². The van der Waals surface area contributed by atoms with E-state index in [4.69, 9.17) is 4.74 Å². The molecule has 0 radical (unpaired) electrons. The van der Waals surface area contributed by atoms with Gasteiger partial charge < -0.3 is 10.1 Å². The van der Waals surface area contributed by atoms with Crippen molar-refractivity contribution in [3.8, 4) is 0 Å². The molecule has 0 atom stereocenters. The Morgan fingerprint density at radius 1 is 1.03 bits per heavy atom. The van der Waals surface area contributed by atoms with Gasteiger partial charge in [0.15, 0.2) is 6.61 Å². The molecule has 0 aliphatic rings. The van der Waals surface area contributed by atoms with E-state index in [9.17, 15) is 14.4 Å². The zero-order valence-corrected chi connectivity index (χ0v) is 17.2. The van der Waals surface area contributed by atoms with E-state index >= 15 is 0 Å². The summed E-state index contributed by atoms with van der Waals surface area (Å²) < 4.78 is 8.10. The quantitative estimate of drug-likeness (QED) is 0.453. The van der Waals surface area contributed by atoms with Crippen LogP contribution in [-0.2, 0) is 27.4 Å². The van der Waals surface area contributed by atoms with Gasteiger partial charge in [0.1, 0.15) is 6.54 Å². The number of nitrogens with one attached hydrogen (secondary N) is 1. The first kappa shape index (κ1) is 20.7. The van der Waals surface area contributed by atoms with Gasteiger partial charge in [-0.05, 0) is 49.1 Å². The molecule has 1 heterocycles. The van der Waals surface area contributed by atoms with Gasteiger partial charge in [0.05, 0.1) is 11.0 Å². The van der Waals surface area contributed by atoms with Gasteiger partial charge in [0.25, 0.3) is 5.91 Å². The molecule has 1 amide bonds. The summed E-state index contributed by atoms with van der Waals surface area (Å²) in [5.41, 5.74) is 1.81. The molecule has 0 bridgehead atoms. The fraction of sp³-hybridized carbons (Fsp3) is 0.286. The van der Waals surface area contributed by atoms with E-state index in [-0.39, 0.29) is 12.2 Å². The van der Waals surface area contributed by atoms with Crippen molar-refractivity contribution in [1.82, 2.24) is 9.13 Å². The number of imidazole rings is 1. The smallest absolute Gasteiger partial charge is 0.329 e. The summed E-state index contributed by atoms with van der Waals surface area (Å²) in [6, 6.07) is 14.7. The molecule has 0 unspecified atom stereocenters. The zero-order chi connectivity index (χ0) is 20.8. The number of carbonyl (C=O) groups excluding carboxylic acids is 2. The van der Waals surface area contributed by atoms with Crippen molar-refractivity contribution in [3.05, 3.63) is 59.0 Å². The second kappa shape index (κ2) is 9.47. The van der Waals surface area contributed by atoms with Gasteiger partial charge in [-0.3, -0.25) is 18.7 Å². The van der Waals surface area contributed by atoms with Crippen molar-refractivity contribution in [1.29, 1.82) is 0 Å². The molecule has 0 aliphatic carbocycles. The minimum Gasteiger partial charge on any atom is -0.454 e. The lowest BCUT2D eigenvalue weighted by atomic mass is 10.3. The summed E-state index contributed by atoms with van der Waals surface area (Å²) in [4.78, 5) is 38.0. The van der Waals surface area contributed by atoms with Crippen LogP contribution in [0.25, 0.3) is 11.0 Å². The van der Waals surface area contributed by atoms with Crippen molar-refractivity contribution in [2.24, 2.45) is 0 Å². The summed E-state index contributed by atoms with van der Waals surface area (Å²) in [6.07, 6.45) is 2.77. The van der Waals surface area contributed by atoms with Crippen LogP contribution in [0.1, 0.15) is 13.3 Å². The van der Waals surface area contributed by atoms with Gasteiger partial charge in [0.2, 0.25) is 0 Å². The maximum absolute atomic E-state index is 12.7. The Balaban J connectivity index is 1.63. The number of esters is 1. The summed E-state index contributed by atoms with van der Waals surface area (Å²) in [6.45, 7) is 1.90. The number of nitrogens with zero attached hydrogens (tertiary/aromatic N) is 2. The van der Waals surface area contributed by atoms with Crippen LogP contribution in [-0.4, -0.2) is 33.9 Å². The average molecular weight is 413 g/mol. The van der Waals surface area contributed by atoms with Crippen LogP contribution in [0.15, 0.2) is 58.2 Å². The van der Waals surface area contributed by atoms with Crippen LogP contribution in [0.3, 0.4) is 0 Å². The van der Waals surface area contributed by atoms with E-state index in [1.807, 2.05) is 43.5 Å². The van der Waals surface area contributed by atoms with Crippen LogP contribution in [0.4, 0.5) is 5.69 Å². The molecular weight excluding hydrogens is 390 g/mol. The Labute approximate surface area is 172 Å². The van der Waals surface area contributed by atoms with E-state index in [1.54, 1.807) is 34.5 Å². The van der Waals surface area contributed by atoms with Gasteiger partial charge in [-0.2, -0.15) is 0 Å². The highest BCUT2D eigenvalue weighted by molar-refractivity contribution is 7.98. The van der Waals surface area contributed by atoms with Crippen LogP contribution in [0, 0.1) is 0 Å². The topological polar surface area (TPSA) is 82.3 Å². The lowest BCUT2D eigenvalue weighted by Crippen LogP contribution is -2.29. The summed E-state index contributed by atoms with van der Waals surface area (Å²) in [5.74, 6) is -1.07. The summed E-state index contributed by atoms with van der Waals surface area (Å²) >= 11 is 1.61. The number of rotatable bonds is 8. The second-order valence-corrected chi connectivity index (χ2v) is 7.33. The number of anilines is 1. The van der Waals surface area contributed by atoms with Gasteiger partial charge >= 0.3 is 11.7 Å². The molecule has 0 aliphatic heterocycles. The number of fused-ring (bicyclic) bond motifs is 1. The van der Waals surface area contributed by atoms with E-state index in [1.165, 1.54) is 4.57 Å². The largest absolute Gasteiger partial charge is 0.454 e. The highest BCUT2D eigenvalue weighted by Gasteiger charge is 2.16. The normalized spacial score (nSPS) is 10.8. The number of aromatic nitrogens is 2. The maximum Gasteiger partial charge on any atom is 0.329 e. The molecule has 1 aromatic heterocycles. The van der Waals surface area contributed by atoms with Gasteiger partial charge in [-0.15, -0.1) is 11.8 Å². The summed E-state index contributed by atoms with van der Waals surface area (Å²) in [5, 5.41) is 2.68. The Morgan fingerprint density at radius 2 is 1.69 bits per heavy atom. The second-order valence-electron chi connectivity index (χ2n) is 6.45. The average Bonchev–Trinajstić information content (AvgIpc) is 2.99. The number of aryl methyl sites for hydroxylation is 1. The highest BCUT2D eigenvalue weighted by atomic mass is 32.2. The first-order valence-electron chi connectivity index (χ1n) is 9.31. The van der Waals surface area contributed by atoms with Crippen molar-refractivity contribution >= 4 is 40.4 Å². The third-order valence-electron chi connectivity index (χ3n) is 4.40. The fourth-order valence-corrected chi connectivity index (χ4v) is 3.47. The van der Waals surface area contributed by atoms with E-state index in [0.29, 0.717) is 17.7 Å². The molecular formula is C21H23N3O4S. The number of thioether (sulfide) groups is 1. The van der Waals surface area contributed by atoms with Crippen LogP contribution in [0.5, 0.6) is 0 Å². The van der Waals surface area contributed by atoms with E-state index in [0.717, 1.165) is 16.8 Å². The minimum absolute atomic E-state index is 0.244. The molecule has 152 valence electrons. The molecule has 0 fully saturated rings. The standard InChI is InChI=1S/C21H23N3O4S/c1-3-12-23-17-6-4-5-7-18(17)24(21(23)27)13-20(26)28-14-19(25)22-15-8-10-16(29-2)11-9-15/h4-11H,3,12-14H2,1-2H3,(H,22,25). The predicted octanol–water partition coefficient (Wildman–Crippen LogP) is 3.12. The number of hydrogen-bond donors (Lipinski definition) is 1. The van der Waals surface area contributed by atoms with Crippen molar-refractivity contribution < 1.29 is 14.3 Å². The zero-order valence-electron chi connectivity index (χ0n) is 16.4. The molecule has 2 aromatic carbocycles. The molecule has 0 spiro atoms. The SMILES string of the molecule is CCCn1c(=O)n(CC(=O)OCC(=O)Nc2ccc(SC)cc2)c2ccccc21. The van der Waals surface area contributed by atoms with Gasteiger partial charge in [0, 0.05) is 17.1 Å². The minimum atomic E-state index is -0.639. The fourth-order valence-electron chi connectivity index (χ4n) is 3.06. The number of ether oxygens (including phenoxy) is 1. The maximum atomic E-state index is 12.7. The molecule has 3 rings (SSSR count). The summed E-state index contributed by atoms with van der Waals surface area (Å²) in [7, 11) is 0. The van der Waals surface area contributed by atoms with Gasteiger partial charge in [-0.25, -0.2) is 4.79 Å². The van der Waals surface area contributed by atoms with Crippen molar-refractivity contribution in [2.75, 3.05) is 18.2 Å². The van der Waals surface area contributed by atoms with E-state index in [2.05, 4.69) is 5.32 Å². The number of hydrogen-bond acceptors (Lipinski definition) is 5. The molecule has 1 N–H and O–H groups in total. The predicted molar refractivity (Wildman–Crippen MR) is 114 cm³/mol. The lowest BCUT2D eigenvalue weighted by molar-refractivity contribution is -0.147. The lowest BCUT2D eigenvalue weighted by Gasteiger charge is -2.08. The molecule has 3 aromatic rings.